The SMILES string of the molecule is COc1cn(C(Cc2ccccc2)C(=O)Nc2ccc(P(=O)(OC)OC)cc2)c(=O)cc1-c1cc(Cl)ccc1-n1cnnn1. The van der Waals surface area contributed by atoms with Crippen LogP contribution in [0.15, 0.2) is 96.2 Å². The van der Waals surface area contributed by atoms with Crippen LogP contribution in [0.2, 0.25) is 5.02 Å². The van der Waals surface area contributed by atoms with Gasteiger partial charge in [-0.2, -0.15) is 4.68 Å². The van der Waals surface area contributed by atoms with Crippen molar-refractivity contribution >= 4 is 36.1 Å². The fourth-order valence-electron chi connectivity index (χ4n) is 4.73. The number of hydrogen-bond donors (Lipinski definition) is 1. The second-order valence-corrected chi connectivity index (χ2v) is 12.2. The Balaban J connectivity index is 1.55. The summed E-state index contributed by atoms with van der Waals surface area (Å²) in [6.07, 6.45) is 3.14. The summed E-state index contributed by atoms with van der Waals surface area (Å²) in [5.74, 6) is -0.122. The molecular weight excluding hydrogens is 607 g/mol. The Morgan fingerprint density at radius 1 is 0.977 bits per heavy atom. The lowest BCUT2D eigenvalue weighted by atomic mass is 10.0. The molecule has 0 saturated carbocycles. The molecule has 1 amide bonds. The van der Waals surface area contributed by atoms with Crippen molar-refractivity contribution in [2.75, 3.05) is 26.6 Å². The summed E-state index contributed by atoms with van der Waals surface area (Å²) in [6.45, 7) is 0. The van der Waals surface area contributed by atoms with Crippen molar-refractivity contribution in [3.8, 4) is 22.6 Å². The molecule has 2 heterocycles. The number of amides is 1. The minimum absolute atomic E-state index is 0.211. The molecule has 0 saturated heterocycles. The molecule has 0 radical (unpaired) electrons. The van der Waals surface area contributed by atoms with E-state index in [2.05, 4.69) is 20.8 Å². The van der Waals surface area contributed by atoms with Crippen LogP contribution in [0.5, 0.6) is 5.75 Å². The number of nitrogens with one attached hydrogen (secondary N) is 1. The van der Waals surface area contributed by atoms with Gasteiger partial charge in [-0.25, -0.2) is 0 Å². The lowest BCUT2D eigenvalue weighted by Crippen LogP contribution is -2.34. The second-order valence-electron chi connectivity index (χ2n) is 9.52. The number of benzene rings is 3. The summed E-state index contributed by atoms with van der Waals surface area (Å²) in [5.41, 5.74) is 2.39. The molecule has 0 spiro atoms. The van der Waals surface area contributed by atoms with Gasteiger partial charge >= 0.3 is 7.60 Å². The highest BCUT2D eigenvalue weighted by molar-refractivity contribution is 7.62. The molecular formula is C30H28ClN6O6P. The number of halogens is 1. The predicted molar refractivity (Wildman–Crippen MR) is 166 cm³/mol. The van der Waals surface area contributed by atoms with Crippen molar-refractivity contribution in [3.63, 3.8) is 0 Å². The second kappa shape index (κ2) is 13.4. The van der Waals surface area contributed by atoms with Gasteiger partial charge < -0.3 is 19.1 Å². The monoisotopic (exact) mass is 634 g/mol. The Labute approximate surface area is 257 Å². The molecule has 0 aliphatic carbocycles. The summed E-state index contributed by atoms with van der Waals surface area (Å²) in [5, 5.41) is 15.0. The highest BCUT2D eigenvalue weighted by Crippen LogP contribution is 2.45. The van der Waals surface area contributed by atoms with Crippen molar-refractivity contribution in [1.29, 1.82) is 0 Å². The average molecular weight is 635 g/mol. The minimum atomic E-state index is -3.46. The molecule has 14 heteroatoms. The third-order valence-electron chi connectivity index (χ3n) is 6.95. The number of pyridine rings is 1. The number of hydrogen-bond acceptors (Lipinski definition) is 9. The molecule has 1 N–H and O–H groups in total. The van der Waals surface area contributed by atoms with Crippen molar-refractivity contribution < 1.29 is 23.1 Å². The van der Waals surface area contributed by atoms with Crippen LogP contribution in [0.3, 0.4) is 0 Å². The van der Waals surface area contributed by atoms with E-state index in [0.29, 0.717) is 38.6 Å². The summed E-state index contributed by atoms with van der Waals surface area (Å²) in [6, 6.07) is 21.2. The van der Waals surface area contributed by atoms with Crippen LogP contribution in [0.4, 0.5) is 5.69 Å². The number of nitrogens with zero attached hydrogens (tertiary/aromatic N) is 5. The average Bonchev–Trinajstić information content (AvgIpc) is 3.59. The standard InChI is InChI=1S/C30H28ClN6O6P/c1-41-28-18-36(29(38)17-25(28)24-16-21(31)9-14-26(24)37-19-32-34-35-37)27(15-20-7-5-4-6-8-20)30(39)33-22-10-12-23(13-11-22)44(40,42-2)43-3/h4-14,16-19,27H,15H2,1-3H3,(H,33,39). The molecule has 1 atom stereocenters. The molecule has 1 unspecified atom stereocenters. The zero-order valence-electron chi connectivity index (χ0n) is 24.0. The number of carbonyl (C=O) groups excluding carboxylic acids is 1. The third-order valence-corrected chi connectivity index (χ3v) is 9.08. The van der Waals surface area contributed by atoms with Crippen LogP contribution in [0.25, 0.3) is 16.8 Å². The van der Waals surface area contributed by atoms with Crippen LogP contribution in [-0.2, 0) is 24.8 Å². The van der Waals surface area contributed by atoms with Gasteiger partial charge in [-0.15, -0.1) is 5.10 Å². The number of rotatable bonds is 11. The van der Waals surface area contributed by atoms with Crippen molar-refractivity contribution in [2.24, 2.45) is 0 Å². The first-order chi connectivity index (χ1) is 21.3. The Bertz CT molecular complexity index is 1860. The first-order valence-corrected chi connectivity index (χ1v) is 15.2. The van der Waals surface area contributed by atoms with E-state index in [1.165, 1.54) is 49.2 Å². The Morgan fingerprint density at radius 2 is 1.70 bits per heavy atom. The lowest BCUT2D eigenvalue weighted by Gasteiger charge is -2.22. The van der Waals surface area contributed by atoms with E-state index in [-0.39, 0.29) is 6.42 Å². The fourth-order valence-corrected chi connectivity index (χ4v) is 5.99. The first-order valence-electron chi connectivity index (χ1n) is 13.3. The van der Waals surface area contributed by atoms with Gasteiger partial charge in [0.15, 0.2) is 0 Å². The van der Waals surface area contributed by atoms with Gasteiger partial charge in [0.05, 0.1) is 24.3 Å². The molecule has 0 fully saturated rings. The van der Waals surface area contributed by atoms with Gasteiger partial charge in [0.2, 0.25) is 5.91 Å². The highest BCUT2D eigenvalue weighted by atomic mass is 35.5. The van der Waals surface area contributed by atoms with Gasteiger partial charge in [-0.1, -0.05) is 41.9 Å². The van der Waals surface area contributed by atoms with E-state index < -0.39 is 25.1 Å². The molecule has 0 aliphatic rings. The van der Waals surface area contributed by atoms with E-state index in [0.717, 1.165) is 5.56 Å². The van der Waals surface area contributed by atoms with Gasteiger partial charge in [0.1, 0.15) is 18.1 Å². The Kier molecular flexibility index (Phi) is 9.36. The predicted octanol–water partition coefficient (Wildman–Crippen LogP) is 4.69. The molecule has 2 aromatic heterocycles. The van der Waals surface area contributed by atoms with Crippen molar-refractivity contribution in [2.45, 2.75) is 12.5 Å². The summed E-state index contributed by atoms with van der Waals surface area (Å²) >= 11 is 6.34. The van der Waals surface area contributed by atoms with E-state index in [4.69, 9.17) is 25.4 Å². The Morgan fingerprint density at radius 3 is 2.34 bits per heavy atom. The molecule has 0 bridgehead atoms. The van der Waals surface area contributed by atoms with Crippen LogP contribution >= 0.6 is 19.2 Å². The molecule has 12 nitrogen and oxygen atoms in total. The van der Waals surface area contributed by atoms with E-state index >= 15 is 0 Å². The summed E-state index contributed by atoms with van der Waals surface area (Å²) in [7, 11) is 0.604. The maximum Gasteiger partial charge on any atom is 0.360 e. The van der Waals surface area contributed by atoms with Gasteiger partial charge in [0, 0.05) is 48.5 Å². The number of methoxy groups -OCH3 is 1. The zero-order chi connectivity index (χ0) is 31.3. The largest absolute Gasteiger partial charge is 0.495 e. The van der Waals surface area contributed by atoms with Crippen LogP contribution in [0.1, 0.15) is 11.6 Å². The number of carbonyl (C=O) groups is 1. The van der Waals surface area contributed by atoms with Crippen LogP contribution < -0.4 is 20.9 Å². The highest BCUT2D eigenvalue weighted by Gasteiger charge is 2.27. The fraction of sp³-hybridized carbons (Fsp3) is 0.167. The number of anilines is 1. The van der Waals surface area contributed by atoms with Gasteiger partial charge in [-0.05, 0) is 58.5 Å². The minimum Gasteiger partial charge on any atom is -0.495 e. The van der Waals surface area contributed by atoms with Crippen LogP contribution in [-0.4, -0.2) is 52.0 Å². The molecule has 3 aromatic carbocycles. The van der Waals surface area contributed by atoms with E-state index in [1.54, 1.807) is 42.5 Å². The van der Waals surface area contributed by atoms with Crippen molar-refractivity contribution in [3.05, 3.63) is 112 Å². The topological polar surface area (TPSA) is 139 Å². The van der Waals surface area contributed by atoms with Crippen molar-refractivity contribution in [1.82, 2.24) is 24.8 Å². The molecule has 5 rings (SSSR count). The third kappa shape index (κ3) is 6.48. The number of tetrazole rings is 1. The Hall–Kier alpha value is -4.61. The van der Waals surface area contributed by atoms with Gasteiger partial charge in [0.25, 0.3) is 5.56 Å². The number of aromatic nitrogens is 5. The zero-order valence-corrected chi connectivity index (χ0v) is 25.6. The molecule has 0 aliphatic heterocycles. The maximum atomic E-state index is 13.8. The summed E-state index contributed by atoms with van der Waals surface area (Å²) in [4.78, 5) is 27.6. The smallest absolute Gasteiger partial charge is 0.360 e. The summed E-state index contributed by atoms with van der Waals surface area (Å²) < 4.78 is 31.3. The first kappa shape index (κ1) is 30.8. The van der Waals surface area contributed by atoms with E-state index in [9.17, 15) is 14.2 Å². The molecule has 44 heavy (non-hydrogen) atoms. The molecule has 5 aromatic rings. The lowest BCUT2D eigenvalue weighted by molar-refractivity contribution is -0.119. The normalized spacial score (nSPS) is 12.1. The molecule has 226 valence electrons. The maximum absolute atomic E-state index is 13.8. The van der Waals surface area contributed by atoms with E-state index in [1.807, 2.05) is 30.3 Å². The van der Waals surface area contributed by atoms with Gasteiger partial charge in [-0.3, -0.25) is 18.7 Å². The quantitative estimate of drug-likeness (QED) is 0.205. The van der Waals surface area contributed by atoms with Crippen LogP contribution in [0, 0.1) is 0 Å². The number of ether oxygens (including phenoxy) is 1.